The Kier molecular flexibility index (Phi) is 4.41. The van der Waals surface area contributed by atoms with Crippen LogP contribution in [0, 0.1) is 0 Å². The summed E-state index contributed by atoms with van der Waals surface area (Å²) in [6.45, 7) is 0. The molecule has 0 heterocycles. The molecule has 0 fully saturated rings. The van der Waals surface area contributed by atoms with E-state index in [9.17, 15) is 9.90 Å². The Bertz CT molecular complexity index is 1400. The highest BCUT2D eigenvalue weighted by atomic mass is 16.5. The number of carbonyl (C=O) groups is 1. The summed E-state index contributed by atoms with van der Waals surface area (Å²) in [6, 6.07) is 31.9. The van der Waals surface area contributed by atoms with E-state index >= 15 is 0 Å². The molecule has 5 rings (SSSR count). The van der Waals surface area contributed by atoms with Crippen LogP contribution < -0.4 is 4.74 Å². The highest BCUT2D eigenvalue weighted by Crippen LogP contribution is 2.34. The molecule has 1 N–H and O–H groups in total. The lowest BCUT2D eigenvalue weighted by atomic mass is 9.94. The van der Waals surface area contributed by atoms with Crippen LogP contribution in [0.25, 0.3) is 21.5 Å². The first-order chi connectivity index (χ1) is 14.7. The van der Waals surface area contributed by atoms with Gasteiger partial charge in [0.1, 0.15) is 5.75 Å². The fourth-order valence-corrected chi connectivity index (χ4v) is 3.72. The van der Waals surface area contributed by atoms with E-state index in [4.69, 9.17) is 4.74 Å². The molecule has 0 aliphatic heterocycles. The maximum absolute atomic E-state index is 13.5. The zero-order valence-corrected chi connectivity index (χ0v) is 16.1. The zero-order valence-electron chi connectivity index (χ0n) is 16.1. The highest BCUT2D eigenvalue weighted by molar-refractivity contribution is 6.19. The van der Waals surface area contributed by atoms with Crippen LogP contribution in [-0.4, -0.2) is 10.9 Å². The summed E-state index contributed by atoms with van der Waals surface area (Å²) in [5.74, 6) is 0.613. The molecule has 5 aromatic rings. The van der Waals surface area contributed by atoms with Gasteiger partial charge in [-0.2, -0.15) is 0 Å². The van der Waals surface area contributed by atoms with Crippen molar-refractivity contribution in [3.63, 3.8) is 0 Å². The molecular formula is C27H18O3. The minimum atomic E-state index is -0.123. The quantitative estimate of drug-likeness (QED) is 0.274. The van der Waals surface area contributed by atoms with E-state index < -0.39 is 0 Å². The van der Waals surface area contributed by atoms with Gasteiger partial charge < -0.3 is 9.84 Å². The summed E-state index contributed by atoms with van der Waals surface area (Å²) in [5, 5.41) is 14.2. The van der Waals surface area contributed by atoms with Crippen LogP contribution in [0.1, 0.15) is 15.9 Å². The number of ketones is 1. The van der Waals surface area contributed by atoms with Crippen molar-refractivity contribution in [1.29, 1.82) is 0 Å². The van der Waals surface area contributed by atoms with Crippen molar-refractivity contribution < 1.29 is 14.6 Å². The molecule has 0 bridgehead atoms. The first-order valence-corrected chi connectivity index (χ1v) is 9.72. The van der Waals surface area contributed by atoms with Gasteiger partial charge in [-0.1, -0.05) is 66.7 Å². The fourth-order valence-electron chi connectivity index (χ4n) is 3.72. The van der Waals surface area contributed by atoms with E-state index in [2.05, 4.69) is 18.2 Å². The van der Waals surface area contributed by atoms with Gasteiger partial charge in [0.15, 0.2) is 17.3 Å². The van der Waals surface area contributed by atoms with Crippen molar-refractivity contribution >= 4 is 27.3 Å². The van der Waals surface area contributed by atoms with Crippen molar-refractivity contribution in [2.45, 2.75) is 0 Å². The number of benzene rings is 5. The molecule has 0 amide bonds. The Balaban J connectivity index is 1.63. The molecule has 0 aromatic heterocycles. The molecule has 0 unspecified atom stereocenters. The number of fused-ring (bicyclic) bond motifs is 2. The smallest absolute Gasteiger partial charge is 0.197 e. The molecule has 0 aliphatic carbocycles. The second-order valence-electron chi connectivity index (χ2n) is 7.12. The number of ether oxygens (including phenoxy) is 1. The van der Waals surface area contributed by atoms with Crippen LogP contribution in [0.15, 0.2) is 103 Å². The summed E-state index contributed by atoms with van der Waals surface area (Å²) in [5.41, 5.74) is 1.06. The van der Waals surface area contributed by atoms with Gasteiger partial charge >= 0.3 is 0 Å². The van der Waals surface area contributed by atoms with Crippen molar-refractivity contribution in [1.82, 2.24) is 0 Å². The van der Waals surface area contributed by atoms with Crippen molar-refractivity contribution in [3.8, 4) is 17.2 Å². The van der Waals surface area contributed by atoms with Crippen LogP contribution >= 0.6 is 0 Å². The first kappa shape index (κ1) is 18.0. The number of rotatable bonds is 4. The minimum Gasteiger partial charge on any atom is -0.504 e. The summed E-state index contributed by atoms with van der Waals surface area (Å²) in [6.07, 6.45) is 0. The minimum absolute atomic E-state index is 0.0244. The maximum Gasteiger partial charge on any atom is 0.197 e. The highest BCUT2D eigenvalue weighted by Gasteiger charge is 2.18. The third-order valence-corrected chi connectivity index (χ3v) is 5.21. The lowest BCUT2D eigenvalue weighted by Gasteiger charge is -2.13. The fraction of sp³-hybridized carbons (Fsp3) is 0. The molecule has 3 heteroatoms. The van der Waals surface area contributed by atoms with Crippen molar-refractivity contribution in [3.05, 3.63) is 114 Å². The summed E-state index contributed by atoms with van der Waals surface area (Å²) in [7, 11) is 0. The Morgan fingerprint density at radius 1 is 0.600 bits per heavy atom. The van der Waals surface area contributed by atoms with E-state index in [1.807, 2.05) is 48.5 Å². The van der Waals surface area contributed by atoms with Crippen LogP contribution in [0.2, 0.25) is 0 Å². The Morgan fingerprint density at radius 3 is 2.00 bits per heavy atom. The molecule has 0 atom stereocenters. The third-order valence-electron chi connectivity index (χ3n) is 5.21. The van der Waals surface area contributed by atoms with E-state index in [1.165, 1.54) is 0 Å². The largest absolute Gasteiger partial charge is 0.504 e. The standard InChI is InChI=1S/C27H18O3/c28-24-13-4-6-15-26(24)30-25-14-5-3-11-22(25)27(29)21-12-7-10-20-16-18-8-1-2-9-19(18)17-23(20)21/h1-17,28H. The van der Waals surface area contributed by atoms with Gasteiger partial charge in [-0.25, -0.2) is 0 Å². The van der Waals surface area contributed by atoms with Crippen molar-refractivity contribution in [2.75, 3.05) is 0 Å². The lowest BCUT2D eigenvalue weighted by molar-refractivity contribution is 0.103. The summed E-state index contributed by atoms with van der Waals surface area (Å²) in [4.78, 5) is 13.5. The molecular weight excluding hydrogens is 372 g/mol. The van der Waals surface area contributed by atoms with E-state index in [1.54, 1.807) is 36.4 Å². The van der Waals surface area contributed by atoms with Gasteiger partial charge in [-0.15, -0.1) is 0 Å². The van der Waals surface area contributed by atoms with E-state index in [0.717, 1.165) is 21.5 Å². The number of hydrogen-bond acceptors (Lipinski definition) is 3. The SMILES string of the molecule is O=C(c1ccccc1Oc1ccccc1O)c1cccc2cc3ccccc3cc12. The Labute approximate surface area is 173 Å². The Morgan fingerprint density at radius 2 is 1.20 bits per heavy atom. The number of hydrogen-bond donors (Lipinski definition) is 1. The van der Waals surface area contributed by atoms with Crippen LogP contribution in [0.5, 0.6) is 17.2 Å². The van der Waals surface area contributed by atoms with Gasteiger partial charge in [0.05, 0.1) is 5.56 Å². The topological polar surface area (TPSA) is 46.5 Å². The molecule has 0 saturated heterocycles. The maximum atomic E-state index is 13.5. The molecule has 3 nitrogen and oxygen atoms in total. The average Bonchev–Trinajstić information content (AvgIpc) is 2.79. The number of para-hydroxylation sites is 3. The van der Waals surface area contributed by atoms with Crippen LogP contribution in [0.3, 0.4) is 0 Å². The van der Waals surface area contributed by atoms with Gasteiger partial charge in [0, 0.05) is 5.56 Å². The normalized spacial score (nSPS) is 10.9. The molecule has 30 heavy (non-hydrogen) atoms. The molecule has 0 saturated carbocycles. The third kappa shape index (κ3) is 3.16. The number of aromatic hydroxyl groups is 1. The summed E-state index contributed by atoms with van der Waals surface area (Å²) >= 11 is 0. The predicted molar refractivity (Wildman–Crippen MR) is 120 cm³/mol. The Hall–Kier alpha value is -4.11. The van der Waals surface area contributed by atoms with Gasteiger partial charge in [0.25, 0.3) is 0 Å². The van der Waals surface area contributed by atoms with E-state index in [0.29, 0.717) is 22.6 Å². The molecule has 0 radical (unpaired) electrons. The number of carbonyl (C=O) groups excluding carboxylic acids is 1. The number of phenols is 1. The first-order valence-electron chi connectivity index (χ1n) is 9.72. The van der Waals surface area contributed by atoms with Crippen molar-refractivity contribution in [2.24, 2.45) is 0 Å². The van der Waals surface area contributed by atoms with Gasteiger partial charge in [-0.3, -0.25) is 4.79 Å². The number of phenolic OH excluding ortho intramolecular Hbond substituents is 1. The van der Waals surface area contributed by atoms with Crippen LogP contribution in [0.4, 0.5) is 0 Å². The molecule has 0 spiro atoms. The summed E-state index contributed by atoms with van der Waals surface area (Å²) < 4.78 is 5.89. The van der Waals surface area contributed by atoms with Gasteiger partial charge in [-0.05, 0) is 57.9 Å². The molecule has 144 valence electrons. The van der Waals surface area contributed by atoms with Crippen LogP contribution in [-0.2, 0) is 0 Å². The molecule has 0 aliphatic rings. The lowest BCUT2D eigenvalue weighted by Crippen LogP contribution is -2.04. The zero-order chi connectivity index (χ0) is 20.5. The second kappa shape index (κ2) is 7.37. The second-order valence-corrected chi connectivity index (χ2v) is 7.12. The predicted octanol–water partition coefficient (Wildman–Crippen LogP) is 6.72. The monoisotopic (exact) mass is 390 g/mol. The van der Waals surface area contributed by atoms with E-state index in [-0.39, 0.29) is 11.5 Å². The average molecular weight is 390 g/mol. The van der Waals surface area contributed by atoms with Gasteiger partial charge in [0.2, 0.25) is 0 Å². The molecule has 5 aromatic carbocycles.